The summed E-state index contributed by atoms with van der Waals surface area (Å²) in [6.45, 7) is 0.945. The van der Waals surface area contributed by atoms with Crippen LogP contribution in [0.2, 0.25) is 0 Å². The van der Waals surface area contributed by atoms with Crippen molar-refractivity contribution in [1.29, 1.82) is 0 Å². The van der Waals surface area contributed by atoms with Crippen LogP contribution in [0, 0.1) is 5.82 Å². The number of nitrogens with zero attached hydrogens (tertiary/aromatic N) is 2. The molecule has 1 N–H and O–H groups in total. The number of sulfonamides is 1. The Morgan fingerprint density at radius 2 is 2.24 bits per heavy atom. The van der Waals surface area contributed by atoms with Gasteiger partial charge in [0.2, 0.25) is 0 Å². The molecular weight excluding hydrogens is 365 g/mol. The lowest BCUT2D eigenvalue weighted by molar-refractivity contribution is 0.183. The molecule has 0 unspecified atom stereocenters. The quantitative estimate of drug-likeness (QED) is 0.837. The van der Waals surface area contributed by atoms with Gasteiger partial charge in [-0.05, 0) is 18.2 Å². The average molecular weight is 378 g/mol. The fourth-order valence-electron chi connectivity index (χ4n) is 1.63. The molecule has 1 heterocycles. The van der Waals surface area contributed by atoms with E-state index in [9.17, 15) is 12.8 Å². The zero-order valence-electron chi connectivity index (χ0n) is 11.1. The molecular formula is C12H13BrFN3O3S. The summed E-state index contributed by atoms with van der Waals surface area (Å²) in [5.41, 5.74) is 0.258. The second kappa shape index (κ2) is 6.54. The maximum Gasteiger partial charge on any atom is 0.264 e. The minimum absolute atomic E-state index is 0.258. The molecule has 0 saturated carbocycles. The monoisotopic (exact) mass is 377 g/mol. The first kappa shape index (κ1) is 15.9. The van der Waals surface area contributed by atoms with Gasteiger partial charge >= 0.3 is 0 Å². The highest BCUT2D eigenvalue weighted by Crippen LogP contribution is 2.21. The van der Waals surface area contributed by atoms with Crippen LogP contribution in [0.15, 0.2) is 40.0 Å². The van der Waals surface area contributed by atoms with E-state index in [0.29, 0.717) is 17.6 Å². The number of ether oxygens (including phenoxy) is 1. The number of rotatable bonds is 6. The van der Waals surface area contributed by atoms with E-state index in [1.165, 1.54) is 29.2 Å². The Balaban J connectivity index is 2.19. The van der Waals surface area contributed by atoms with Gasteiger partial charge in [-0.1, -0.05) is 15.9 Å². The van der Waals surface area contributed by atoms with Crippen LogP contribution in [0.1, 0.15) is 0 Å². The van der Waals surface area contributed by atoms with Gasteiger partial charge in [0.25, 0.3) is 10.0 Å². The van der Waals surface area contributed by atoms with E-state index in [1.54, 1.807) is 7.11 Å². The average Bonchev–Trinajstić information content (AvgIpc) is 2.82. The summed E-state index contributed by atoms with van der Waals surface area (Å²) >= 11 is 3.08. The first-order valence-corrected chi connectivity index (χ1v) is 8.19. The summed E-state index contributed by atoms with van der Waals surface area (Å²) in [6.07, 6.45) is 2.86. The molecule has 6 nitrogen and oxygen atoms in total. The van der Waals surface area contributed by atoms with E-state index in [1.807, 2.05) is 0 Å². The molecule has 0 bridgehead atoms. The molecule has 1 aromatic heterocycles. The lowest BCUT2D eigenvalue weighted by Gasteiger charge is -2.07. The molecule has 0 aliphatic carbocycles. The van der Waals surface area contributed by atoms with Crippen molar-refractivity contribution in [2.24, 2.45) is 0 Å². The number of halogens is 2. The molecule has 9 heteroatoms. The van der Waals surface area contributed by atoms with Crippen LogP contribution in [0.25, 0.3) is 0 Å². The van der Waals surface area contributed by atoms with Crippen LogP contribution in [0.5, 0.6) is 0 Å². The van der Waals surface area contributed by atoms with Crippen molar-refractivity contribution >= 4 is 31.6 Å². The van der Waals surface area contributed by atoms with Crippen molar-refractivity contribution in [1.82, 2.24) is 9.78 Å². The van der Waals surface area contributed by atoms with Gasteiger partial charge in [0, 0.05) is 17.8 Å². The number of anilines is 1. The Morgan fingerprint density at radius 3 is 2.90 bits per heavy atom. The molecule has 114 valence electrons. The van der Waals surface area contributed by atoms with Crippen LogP contribution in [0.3, 0.4) is 0 Å². The molecule has 2 aromatic rings. The van der Waals surface area contributed by atoms with Gasteiger partial charge in [-0.3, -0.25) is 9.40 Å². The predicted molar refractivity (Wildman–Crippen MR) is 79.0 cm³/mol. The predicted octanol–water partition coefficient (Wildman–Crippen LogP) is 2.23. The van der Waals surface area contributed by atoms with Crippen molar-refractivity contribution in [3.8, 4) is 0 Å². The molecule has 0 aliphatic rings. The van der Waals surface area contributed by atoms with Gasteiger partial charge < -0.3 is 4.74 Å². The van der Waals surface area contributed by atoms with E-state index < -0.39 is 20.7 Å². The zero-order valence-corrected chi connectivity index (χ0v) is 13.5. The Bertz CT molecular complexity index is 733. The topological polar surface area (TPSA) is 73.2 Å². The lowest BCUT2D eigenvalue weighted by Crippen LogP contribution is -2.14. The van der Waals surface area contributed by atoms with Crippen molar-refractivity contribution in [2.45, 2.75) is 11.4 Å². The highest BCUT2D eigenvalue weighted by molar-refractivity contribution is 9.10. The zero-order chi connectivity index (χ0) is 15.5. The number of nitrogens with one attached hydrogen (secondary N) is 1. The van der Waals surface area contributed by atoms with Crippen LogP contribution < -0.4 is 4.72 Å². The SMILES string of the molecule is COCCn1cc(NS(=O)(=O)c2ccc(Br)cc2F)cn1. The Morgan fingerprint density at radius 1 is 1.48 bits per heavy atom. The van der Waals surface area contributed by atoms with Gasteiger partial charge in [-0.15, -0.1) is 0 Å². The molecule has 1 aromatic carbocycles. The summed E-state index contributed by atoms with van der Waals surface area (Å²) in [7, 11) is -2.44. The number of hydrogen-bond donors (Lipinski definition) is 1. The Labute approximate surface area is 130 Å². The molecule has 0 aliphatic heterocycles. The minimum Gasteiger partial charge on any atom is -0.383 e. The summed E-state index contributed by atoms with van der Waals surface area (Å²) in [6, 6.07) is 3.74. The Kier molecular flexibility index (Phi) is 4.96. The highest BCUT2D eigenvalue weighted by Gasteiger charge is 2.19. The van der Waals surface area contributed by atoms with Crippen molar-refractivity contribution in [3.05, 3.63) is 40.9 Å². The molecule has 0 saturated heterocycles. The molecule has 0 spiro atoms. The van der Waals surface area contributed by atoms with Gasteiger partial charge in [-0.25, -0.2) is 12.8 Å². The molecule has 0 amide bonds. The van der Waals surface area contributed by atoms with Crippen LogP contribution >= 0.6 is 15.9 Å². The van der Waals surface area contributed by atoms with Crippen molar-refractivity contribution in [2.75, 3.05) is 18.4 Å². The Hall–Kier alpha value is -1.45. The molecule has 2 rings (SSSR count). The largest absolute Gasteiger partial charge is 0.383 e. The second-order valence-corrected chi connectivity index (χ2v) is 6.73. The highest BCUT2D eigenvalue weighted by atomic mass is 79.9. The number of hydrogen-bond acceptors (Lipinski definition) is 4. The number of aromatic nitrogens is 2. The third-order valence-corrected chi connectivity index (χ3v) is 4.50. The summed E-state index contributed by atoms with van der Waals surface area (Å²) in [5.74, 6) is -0.830. The van der Waals surface area contributed by atoms with Crippen LogP contribution in [0.4, 0.5) is 10.1 Å². The minimum atomic E-state index is -4.00. The lowest BCUT2D eigenvalue weighted by atomic mass is 10.3. The third-order valence-electron chi connectivity index (χ3n) is 2.59. The van der Waals surface area contributed by atoms with Gasteiger partial charge in [0.15, 0.2) is 0 Å². The number of methoxy groups -OCH3 is 1. The molecule has 21 heavy (non-hydrogen) atoms. The van der Waals surface area contributed by atoms with Crippen LogP contribution in [-0.4, -0.2) is 31.9 Å². The van der Waals surface area contributed by atoms with E-state index >= 15 is 0 Å². The van der Waals surface area contributed by atoms with E-state index in [0.717, 1.165) is 6.07 Å². The fraction of sp³-hybridized carbons (Fsp3) is 0.250. The standard InChI is InChI=1S/C12H13BrFN3O3S/c1-20-5-4-17-8-10(7-15-17)16-21(18,19)12-3-2-9(13)6-11(12)14/h2-3,6-8,16H,4-5H2,1H3. The third kappa shape index (κ3) is 4.02. The fourth-order valence-corrected chi connectivity index (χ4v) is 3.05. The number of benzene rings is 1. The second-order valence-electron chi connectivity index (χ2n) is 4.17. The molecule has 0 radical (unpaired) electrons. The summed E-state index contributed by atoms with van der Waals surface area (Å²) in [5, 5.41) is 3.98. The van der Waals surface area contributed by atoms with Crippen molar-refractivity contribution in [3.63, 3.8) is 0 Å². The van der Waals surface area contributed by atoms with Crippen molar-refractivity contribution < 1.29 is 17.5 Å². The first-order valence-electron chi connectivity index (χ1n) is 5.91. The van der Waals surface area contributed by atoms with Gasteiger partial charge in [0.05, 0.1) is 25.0 Å². The maximum absolute atomic E-state index is 13.7. The summed E-state index contributed by atoms with van der Waals surface area (Å²) < 4.78 is 47.2. The van der Waals surface area contributed by atoms with Gasteiger partial charge in [-0.2, -0.15) is 5.10 Å². The first-order chi connectivity index (χ1) is 9.92. The smallest absolute Gasteiger partial charge is 0.264 e. The maximum atomic E-state index is 13.7. The normalized spacial score (nSPS) is 11.6. The van der Waals surface area contributed by atoms with E-state index in [2.05, 4.69) is 25.8 Å². The molecule has 0 fully saturated rings. The van der Waals surface area contributed by atoms with E-state index in [4.69, 9.17) is 4.74 Å². The molecule has 0 atom stereocenters. The van der Waals surface area contributed by atoms with E-state index in [-0.39, 0.29) is 5.69 Å². The van der Waals surface area contributed by atoms with Crippen LogP contribution in [-0.2, 0) is 21.3 Å². The van der Waals surface area contributed by atoms with Gasteiger partial charge in [0.1, 0.15) is 10.7 Å². The summed E-state index contributed by atoms with van der Waals surface area (Å²) in [4.78, 5) is -0.421.